The molecule has 8 nitrogen and oxygen atoms in total. The van der Waals surface area contributed by atoms with E-state index in [0.717, 1.165) is 12.8 Å². The average Bonchev–Trinajstić information content (AvgIpc) is 2.89. The van der Waals surface area contributed by atoms with E-state index >= 15 is 0 Å². The number of primary amides is 1. The number of nitrogens with two attached hydrogens (primary N) is 1. The quantitative estimate of drug-likeness (QED) is 0.623. The molecule has 0 saturated heterocycles. The number of rotatable bonds is 6. The molecule has 1 aromatic rings. The maximum atomic E-state index is 12.2. The second kappa shape index (κ2) is 7.94. The summed E-state index contributed by atoms with van der Waals surface area (Å²) in [5, 5.41) is 11.7. The molecule has 0 bridgehead atoms. The molecule has 8 heteroatoms. The highest BCUT2D eigenvalue weighted by molar-refractivity contribution is 6.04. The van der Waals surface area contributed by atoms with Crippen molar-refractivity contribution in [3.63, 3.8) is 0 Å². The van der Waals surface area contributed by atoms with E-state index in [0.29, 0.717) is 18.0 Å². The number of H-pyrrole nitrogens is 1. The van der Waals surface area contributed by atoms with Gasteiger partial charge in [0.25, 0.3) is 5.91 Å². The average molecular weight is 335 g/mol. The molecule has 2 rings (SSSR count). The summed E-state index contributed by atoms with van der Waals surface area (Å²) in [6.45, 7) is 3.27. The van der Waals surface area contributed by atoms with Crippen molar-refractivity contribution >= 4 is 23.4 Å². The highest BCUT2D eigenvalue weighted by Gasteiger charge is 2.23. The van der Waals surface area contributed by atoms with Gasteiger partial charge in [-0.2, -0.15) is 5.10 Å². The molecular weight excluding hydrogens is 310 g/mol. The van der Waals surface area contributed by atoms with Crippen molar-refractivity contribution in [1.82, 2.24) is 15.5 Å². The summed E-state index contributed by atoms with van der Waals surface area (Å²) in [5.74, 6) is -0.863. The Morgan fingerprint density at radius 1 is 1.29 bits per heavy atom. The van der Waals surface area contributed by atoms with Gasteiger partial charge in [0, 0.05) is 6.42 Å². The minimum absolute atomic E-state index is 0.0263. The molecule has 1 atom stereocenters. The van der Waals surface area contributed by atoms with Crippen LogP contribution in [0.1, 0.15) is 61.6 Å². The van der Waals surface area contributed by atoms with E-state index < -0.39 is 17.9 Å². The van der Waals surface area contributed by atoms with E-state index in [1.54, 1.807) is 13.8 Å². The van der Waals surface area contributed by atoms with Gasteiger partial charge in [0.15, 0.2) is 5.69 Å². The van der Waals surface area contributed by atoms with Gasteiger partial charge >= 0.3 is 0 Å². The molecular formula is C16H25N5O3. The number of hydrogen-bond acceptors (Lipinski definition) is 4. The van der Waals surface area contributed by atoms with Crippen molar-refractivity contribution < 1.29 is 14.4 Å². The van der Waals surface area contributed by atoms with Crippen LogP contribution in [-0.4, -0.2) is 34.0 Å². The topological polar surface area (TPSA) is 130 Å². The lowest BCUT2D eigenvalue weighted by Crippen LogP contribution is -2.42. The minimum Gasteiger partial charge on any atom is -0.364 e. The minimum atomic E-state index is -0.733. The van der Waals surface area contributed by atoms with Crippen LogP contribution in [0.15, 0.2) is 0 Å². The molecule has 0 spiro atoms. The number of aryl methyl sites for hydroxylation is 1. The molecule has 1 aromatic heterocycles. The third kappa shape index (κ3) is 4.56. The van der Waals surface area contributed by atoms with Gasteiger partial charge in [-0.1, -0.05) is 19.3 Å². The van der Waals surface area contributed by atoms with Gasteiger partial charge in [0.1, 0.15) is 6.04 Å². The van der Waals surface area contributed by atoms with Crippen LogP contribution in [0, 0.1) is 12.8 Å². The fourth-order valence-electron chi connectivity index (χ4n) is 3.01. The third-order valence-electron chi connectivity index (χ3n) is 4.40. The van der Waals surface area contributed by atoms with Gasteiger partial charge in [-0.3, -0.25) is 19.5 Å². The summed E-state index contributed by atoms with van der Waals surface area (Å²) >= 11 is 0. The van der Waals surface area contributed by atoms with Crippen LogP contribution in [0.4, 0.5) is 5.69 Å². The SMILES string of the molecule is Cc1[nH]nc(C(N)=O)c1NC(=O)[C@H](C)NC(=O)CC1CCCCC1. The first-order valence-corrected chi connectivity index (χ1v) is 8.33. The van der Waals surface area contributed by atoms with Crippen molar-refractivity contribution in [2.75, 3.05) is 5.32 Å². The van der Waals surface area contributed by atoms with Gasteiger partial charge in [-0.25, -0.2) is 0 Å². The van der Waals surface area contributed by atoms with Crippen LogP contribution in [0.25, 0.3) is 0 Å². The van der Waals surface area contributed by atoms with E-state index in [2.05, 4.69) is 20.8 Å². The van der Waals surface area contributed by atoms with E-state index in [-0.39, 0.29) is 17.3 Å². The summed E-state index contributed by atoms with van der Waals surface area (Å²) < 4.78 is 0. The van der Waals surface area contributed by atoms with Crippen LogP contribution in [-0.2, 0) is 9.59 Å². The van der Waals surface area contributed by atoms with Crippen molar-refractivity contribution in [2.24, 2.45) is 11.7 Å². The molecule has 1 aliphatic rings. The molecule has 0 radical (unpaired) electrons. The number of aromatic amines is 1. The molecule has 0 aliphatic heterocycles. The molecule has 3 amide bonds. The zero-order valence-electron chi connectivity index (χ0n) is 14.1. The second-order valence-corrected chi connectivity index (χ2v) is 6.42. The van der Waals surface area contributed by atoms with Gasteiger partial charge in [0.2, 0.25) is 11.8 Å². The Balaban J connectivity index is 1.89. The molecule has 1 aliphatic carbocycles. The second-order valence-electron chi connectivity index (χ2n) is 6.42. The smallest absolute Gasteiger partial charge is 0.271 e. The molecule has 0 unspecified atom stereocenters. The number of carbonyl (C=O) groups excluding carboxylic acids is 3. The number of aromatic nitrogens is 2. The van der Waals surface area contributed by atoms with Gasteiger partial charge < -0.3 is 16.4 Å². The Labute approximate surface area is 140 Å². The normalized spacial score (nSPS) is 16.4. The maximum absolute atomic E-state index is 12.2. The van der Waals surface area contributed by atoms with Crippen molar-refractivity contribution in [3.8, 4) is 0 Å². The predicted octanol–water partition coefficient (Wildman–Crippen LogP) is 1.23. The lowest BCUT2D eigenvalue weighted by molar-refractivity contribution is -0.127. The molecule has 1 fully saturated rings. The Bertz CT molecular complexity index is 619. The van der Waals surface area contributed by atoms with Crippen LogP contribution in [0.2, 0.25) is 0 Å². The highest BCUT2D eigenvalue weighted by Crippen LogP contribution is 2.26. The molecule has 1 heterocycles. The zero-order valence-corrected chi connectivity index (χ0v) is 14.1. The van der Waals surface area contributed by atoms with Gasteiger partial charge in [-0.15, -0.1) is 0 Å². The van der Waals surface area contributed by atoms with Gasteiger partial charge in [0.05, 0.1) is 11.4 Å². The fourth-order valence-corrected chi connectivity index (χ4v) is 3.01. The first kappa shape index (κ1) is 18.0. The molecule has 5 N–H and O–H groups in total. The summed E-state index contributed by atoms with van der Waals surface area (Å²) in [5.41, 5.74) is 5.97. The van der Waals surface area contributed by atoms with Crippen molar-refractivity contribution in [2.45, 2.75) is 58.4 Å². The summed E-state index contributed by atoms with van der Waals surface area (Å²) in [7, 11) is 0. The number of nitrogens with zero attached hydrogens (tertiary/aromatic N) is 1. The third-order valence-corrected chi connectivity index (χ3v) is 4.40. The number of nitrogens with one attached hydrogen (secondary N) is 3. The lowest BCUT2D eigenvalue weighted by atomic mass is 9.87. The number of amides is 3. The number of carbonyl (C=O) groups is 3. The monoisotopic (exact) mass is 335 g/mol. The van der Waals surface area contributed by atoms with Gasteiger partial charge in [-0.05, 0) is 32.6 Å². The largest absolute Gasteiger partial charge is 0.364 e. The summed E-state index contributed by atoms with van der Waals surface area (Å²) in [6.07, 6.45) is 6.18. The van der Waals surface area contributed by atoms with E-state index in [1.165, 1.54) is 19.3 Å². The lowest BCUT2D eigenvalue weighted by Gasteiger charge is -2.22. The Morgan fingerprint density at radius 2 is 1.96 bits per heavy atom. The summed E-state index contributed by atoms with van der Waals surface area (Å²) in [4.78, 5) is 35.6. The van der Waals surface area contributed by atoms with Crippen LogP contribution < -0.4 is 16.4 Å². The molecule has 132 valence electrons. The zero-order chi connectivity index (χ0) is 17.7. The van der Waals surface area contributed by atoms with E-state index in [9.17, 15) is 14.4 Å². The van der Waals surface area contributed by atoms with Crippen LogP contribution in [0.5, 0.6) is 0 Å². The Kier molecular flexibility index (Phi) is 5.94. The molecule has 0 aromatic carbocycles. The van der Waals surface area contributed by atoms with E-state index in [1.807, 2.05) is 0 Å². The maximum Gasteiger partial charge on any atom is 0.271 e. The van der Waals surface area contributed by atoms with Crippen LogP contribution >= 0.6 is 0 Å². The van der Waals surface area contributed by atoms with E-state index in [4.69, 9.17) is 5.73 Å². The summed E-state index contributed by atoms with van der Waals surface area (Å²) in [6, 6.07) is -0.712. The Hall–Kier alpha value is -2.38. The Morgan fingerprint density at radius 3 is 2.58 bits per heavy atom. The predicted molar refractivity (Wildman–Crippen MR) is 89.3 cm³/mol. The highest BCUT2D eigenvalue weighted by atomic mass is 16.2. The molecule has 24 heavy (non-hydrogen) atoms. The molecule has 1 saturated carbocycles. The fraction of sp³-hybridized carbons (Fsp3) is 0.625. The van der Waals surface area contributed by atoms with Crippen LogP contribution in [0.3, 0.4) is 0 Å². The number of anilines is 1. The standard InChI is InChI=1S/C16H25N5O3/c1-9-13(14(15(17)23)21-20-9)19-16(24)10(2)18-12(22)8-11-6-4-3-5-7-11/h10-11H,3-8H2,1-2H3,(H2,17,23)(H,18,22)(H,19,24)(H,20,21)/t10-/m0/s1. The van der Waals surface area contributed by atoms with Crippen molar-refractivity contribution in [3.05, 3.63) is 11.4 Å². The first-order valence-electron chi connectivity index (χ1n) is 8.33. The number of hydrogen-bond donors (Lipinski definition) is 4. The van der Waals surface area contributed by atoms with Crippen molar-refractivity contribution in [1.29, 1.82) is 0 Å². The first-order chi connectivity index (χ1) is 11.4.